The minimum atomic E-state index is 0.508. The molecule has 0 bridgehead atoms. The van der Waals surface area contributed by atoms with Crippen LogP contribution >= 0.6 is 11.8 Å². The van der Waals surface area contributed by atoms with Crippen LogP contribution in [0.5, 0.6) is 0 Å². The maximum atomic E-state index is 5.82. The molecular formula is C9H19NS. The highest BCUT2D eigenvalue weighted by molar-refractivity contribution is 7.99. The van der Waals surface area contributed by atoms with E-state index >= 15 is 0 Å². The first-order valence-corrected chi connectivity index (χ1v) is 5.75. The van der Waals surface area contributed by atoms with Crippen molar-refractivity contribution in [1.29, 1.82) is 0 Å². The molecule has 0 amide bonds. The summed E-state index contributed by atoms with van der Waals surface area (Å²) in [6.45, 7) is 2.25. The summed E-state index contributed by atoms with van der Waals surface area (Å²) in [6, 6.07) is 0.508. The van der Waals surface area contributed by atoms with Crippen molar-refractivity contribution in [2.24, 2.45) is 5.73 Å². The minimum Gasteiger partial charge on any atom is -0.328 e. The van der Waals surface area contributed by atoms with Gasteiger partial charge in [0.2, 0.25) is 0 Å². The Morgan fingerprint density at radius 3 is 2.82 bits per heavy atom. The molecule has 1 saturated carbocycles. The van der Waals surface area contributed by atoms with Crippen LogP contribution < -0.4 is 5.73 Å². The van der Waals surface area contributed by atoms with E-state index in [0.717, 1.165) is 5.25 Å². The summed E-state index contributed by atoms with van der Waals surface area (Å²) in [7, 11) is 0. The van der Waals surface area contributed by atoms with Crippen LogP contribution in [0.25, 0.3) is 0 Å². The van der Waals surface area contributed by atoms with Crippen molar-refractivity contribution >= 4 is 11.8 Å². The summed E-state index contributed by atoms with van der Waals surface area (Å²) < 4.78 is 0. The fourth-order valence-electron chi connectivity index (χ4n) is 1.52. The zero-order valence-electron chi connectivity index (χ0n) is 7.38. The molecule has 0 radical (unpaired) electrons. The van der Waals surface area contributed by atoms with E-state index in [2.05, 4.69) is 18.7 Å². The molecule has 0 aromatic carbocycles. The van der Waals surface area contributed by atoms with Gasteiger partial charge in [-0.15, -0.1) is 0 Å². The lowest BCUT2D eigenvalue weighted by molar-refractivity contribution is 0.705. The lowest BCUT2D eigenvalue weighted by atomic mass is 10.3. The fourth-order valence-corrected chi connectivity index (χ4v) is 2.99. The molecule has 0 aliphatic heterocycles. The van der Waals surface area contributed by atoms with Gasteiger partial charge in [0.05, 0.1) is 0 Å². The molecule has 66 valence electrons. The van der Waals surface area contributed by atoms with Crippen LogP contribution in [0.1, 0.15) is 39.0 Å². The molecule has 1 nitrogen and oxygen atoms in total. The van der Waals surface area contributed by atoms with Gasteiger partial charge in [-0.05, 0) is 31.4 Å². The zero-order valence-corrected chi connectivity index (χ0v) is 8.20. The van der Waals surface area contributed by atoms with Gasteiger partial charge in [0, 0.05) is 11.3 Å². The molecule has 2 heteroatoms. The molecule has 0 aromatic rings. The van der Waals surface area contributed by atoms with Crippen molar-refractivity contribution in [3.05, 3.63) is 0 Å². The Hall–Kier alpha value is 0.310. The van der Waals surface area contributed by atoms with Crippen LogP contribution in [-0.2, 0) is 0 Å². The van der Waals surface area contributed by atoms with E-state index in [1.54, 1.807) is 0 Å². The van der Waals surface area contributed by atoms with Crippen LogP contribution in [-0.4, -0.2) is 17.0 Å². The van der Waals surface area contributed by atoms with Crippen LogP contribution in [0.4, 0.5) is 0 Å². The fraction of sp³-hybridized carbons (Fsp3) is 1.00. The highest BCUT2D eigenvalue weighted by Gasteiger charge is 2.21. The molecule has 2 atom stereocenters. The number of thioether (sulfide) groups is 1. The van der Waals surface area contributed by atoms with Crippen LogP contribution in [0.2, 0.25) is 0 Å². The SMILES string of the molecule is CCCCSC1CCC(N)C1. The number of unbranched alkanes of at least 4 members (excludes halogenated alkanes) is 1. The molecule has 1 fully saturated rings. The van der Waals surface area contributed by atoms with E-state index in [1.165, 1.54) is 37.9 Å². The molecule has 0 heterocycles. The van der Waals surface area contributed by atoms with Gasteiger partial charge >= 0.3 is 0 Å². The van der Waals surface area contributed by atoms with Crippen molar-refractivity contribution in [2.75, 3.05) is 5.75 Å². The lowest BCUT2D eigenvalue weighted by Gasteiger charge is -2.07. The molecule has 2 N–H and O–H groups in total. The Labute approximate surface area is 74.1 Å². The maximum absolute atomic E-state index is 5.82. The monoisotopic (exact) mass is 173 g/mol. The summed E-state index contributed by atoms with van der Waals surface area (Å²) in [4.78, 5) is 0. The third kappa shape index (κ3) is 3.48. The van der Waals surface area contributed by atoms with Gasteiger partial charge < -0.3 is 5.73 Å². The highest BCUT2D eigenvalue weighted by Crippen LogP contribution is 2.29. The van der Waals surface area contributed by atoms with Crippen LogP contribution in [0.15, 0.2) is 0 Å². The Bertz CT molecular complexity index is 106. The average molecular weight is 173 g/mol. The Morgan fingerprint density at radius 2 is 2.27 bits per heavy atom. The van der Waals surface area contributed by atoms with Gasteiger partial charge in [0.15, 0.2) is 0 Å². The van der Waals surface area contributed by atoms with Crippen molar-refractivity contribution in [2.45, 2.75) is 50.3 Å². The highest BCUT2D eigenvalue weighted by atomic mass is 32.2. The largest absolute Gasteiger partial charge is 0.328 e. The lowest BCUT2D eigenvalue weighted by Crippen LogP contribution is -2.15. The smallest absolute Gasteiger partial charge is 0.00623 e. The predicted molar refractivity (Wildman–Crippen MR) is 53.0 cm³/mol. The van der Waals surface area contributed by atoms with Crippen molar-refractivity contribution in [3.63, 3.8) is 0 Å². The standard InChI is InChI=1S/C9H19NS/c1-2-3-6-11-9-5-4-8(10)7-9/h8-9H,2-7,10H2,1H3. The molecule has 11 heavy (non-hydrogen) atoms. The second-order valence-electron chi connectivity index (χ2n) is 3.42. The third-order valence-electron chi connectivity index (χ3n) is 2.28. The molecule has 1 aliphatic rings. The molecule has 2 unspecified atom stereocenters. The van der Waals surface area contributed by atoms with Crippen LogP contribution in [0.3, 0.4) is 0 Å². The third-order valence-corrected chi connectivity index (χ3v) is 3.70. The zero-order chi connectivity index (χ0) is 8.10. The van der Waals surface area contributed by atoms with Crippen molar-refractivity contribution in [1.82, 2.24) is 0 Å². The second kappa shape index (κ2) is 5.04. The molecule has 0 spiro atoms. The summed E-state index contributed by atoms with van der Waals surface area (Å²) in [5.41, 5.74) is 5.82. The quantitative estimate of drug-likeness (QED) is 0.661. The summed E-state index contributed by atoms with van der Waals surface area (Å²) in [5, 5.41) is 0.886. The summed E-state index contributed by atoms with van der Waals surface area (Å²) >= 11 is 2.13. The number of nitrogens with two attached hydrogens (primary N) is 1. The molecule has 0 saturated heterocycles. The first-order chi connectivity index (χ1) is 5.33. The van der Waals surface area contributed by atoms with Gasteiger partial charge in [0.25, 0.3) is 0 Å². The number of rotatable bonds is 4. The number of hydrogen-bond donors (Lipinski definition) is 1. The van der Waals surface area contributed by atoms with Gasteiger partial charge in [-0.2, -0.15) is 11.8 Å². The topological polar surface area (TPSA) is 26.0 Å². The maximum Gasteiger partial charge on any atom is 0.00623 e. The van der Waals surface area contributed by atoms with E-state index in [0.29, 0.717) is 6.04 Å². The van der Waals surface area contributed by atoms with E-state index in [1.807, 2.05) is 0 Å². The van der Waals surface area contributed by atoms with Gasteiger partial charge in [0.1, 0.15) is 0 Å². The minimum absolute atomic E-state index is 0.508. The number of hydrogen-bond acceptors (Lipinski definition) is 2. The Morgan fingerprint density at radius 1 is 1.45 bits per heavy atom. The molecule has 0 aromatic heterocycles. The molecule has 1 rings (SSSR count). The van der Waals surface area contributed by atoms with E-state index in [-0.39, 0.29) is 0 Å². The van der Waals surface area contributed by atoms with E-state index in [4.69, 9.17) is 5.73 Å². The summed E-state index contributed by atoms with van der Waals surface area (Å²) in [6.07, 6.45) is 6.57. The van der Waals surface area contributed by atoms with Crippen molar-refractivity contribution in [3.8, 4) is 0 Å². The molecular weight excluding hydrogens is 154 g/mol. The van der Waals surface area contributed by atoms with E-state index in [9.17, 15) is 0 Å². The Balaban J connectivity index is 1.99. The van der Waals surface area contributed by atoms with Gasteiger partial charge in [-0.3, -0.25) is 0 Å². The average Bonchev–Trinajstić information content (AvgIpc) is 2.37. The second-order valence-corrected chi connectivity index (χ2v) is 4.83. The first kappa shape index (κ1) is 9.40. The van der Waals surface area contributed by atoms with Crippen LogP contribution in [0, 0.1) is 0 Å². The normalized spacial score (nSPS) is 31.1. The van der Waals surface area contributed by atoms with Gasteiger partial charge in [-0.1, -0.05) is 13.3 Å². The van der Waals surface area contributed by atoms with Crippen molar-refractivity contribution < 1.29 is 0 Å². The molecule has 1 aliphatic carbocycles. The summed E-state index contributed by atoms with van der Waals surface area (Å²) in [5.74, 6) is 1.34. The predicted octanol–water partition coefficient (Wildman–Crippen LogP) is 2.40. The first-order valence-electron chi connectivity index (χ1n) is 4.70. The Kier molecular flexibility index (Phi) is 4.31. The van der Waals surface area contributed by atoms with E-state index < -0.39 is 0 Å². The van der Waals surface area contributed by atoms with Gasteiger partial charge in [-0.25, -0.2) is 0 Å².